The molecule has 0 saturated heterocycles. The zero-order chi connectivity index (χ0) is 24.2. The zero-order valence-corrected chi connectivity index (χ0v) is 22.4. The summed E-state index contributed by atoms with van der Waals surface area (Å²) in [6.07, 6.45) is 1.11. The van der Waals surface area contributed by atoms with Gasteiger partial charge in [-0.1, -0.05) is 49.4 Å². The predicted molar refractivity (Wildman–Crippen MR) is 139 cm³/mol. The van der Waals surface area contributed by atoms with Gasteiger partial charge in [0.15, 0.2) is 24.8 Å². The van der Waals surface area contributed by atoms with Gasteiger partial charge in [-0.2, -0.15) is 0 Å². The summed E-state index contributed by atoms with van der Waals surface area (Å²) in [4.78, 5) is 21.3. The van der Waals surface area contributed by atoms with Crippen LogP contribution in [0.2, 0.25) is 0 Å². The molecule has 1 aromatic heterocycles. The smallest absolute Gasteiger partial charge is 0.244 e. The molecular formula is C22H28ClN3O5S3. The molecule has 0 unspecified atom stereocenters. The fourth-order valence-corrected chi connectivity index (χ4v) is 6.54. The minimum Gasteiger partial charge on any atom is -0.302 e. The van der Waals surface area contributed by atoms with E-state index in [-0.39, 0.29) is 39.4 Å². The first-order valence-corrected chi connectivity index (χ1v) is 14.8. The number of fused-ring (bicyclic) bond motifs is 1. The molecule has 34 heavy (non-hydrogen) atoms. The average molecular weight is 546 g/mol. The lowest BCUT2D eigenvalue weighted by molar-refractivity contribution is -0.116. The van der Waals surface area contributed by atoms with Crippen LogP contribution in [0, 0.1) is 0 Å². The topological polar surface area (TPSA) is 105 Å². The van der Waals surface area contributed by atoms with E-state index in [2.05, 4.69) is 9.88 Å². The molecule has 0 fully saturated rings. The van der Waals surface area contributed by atoms with Crippen molar-refractivity contribution < 1.29 is 21.6 Å². The Bertz CT molecular complexity index is 1340. The Labute approximate surface area is 210 Å². The summed E-state index contributed by atoms with van der Waals surface area (Å²) in [5.41, 5.74) is 0.284. The molecule has 0 saturated carbocycles. The van der Waals surface area contributed by atoms with Gasteiger partial charge in [-0.05, 0) is 37.4 Å². The van der Waals surface area contributed by atoms with E-state index in [1.54, 1.807) is 30.3 Å². The monoisotopic (exact) mass is 545 g/mol. The normalized spacial score (nSPS) is 12.0. The van der Waals surface area contributed by atoms with Crippen LogP contribution < -0.4 is 4.90 Å². The van der Waals surface area contributed by atoms with E-state index in [0.717, 1.165) is 19.3 Å². The van der Waals surface area contributed by atoms with Gasteiger partial charge in [0.25, 0.3) is 0 Å². The molecule has 0 aliphatic heterocycles. The molecule has 0 aliphatic rings. The number of nitrogens with zero attached hydrogens (tertiary/aromatic N) is 3. The maximum absolute atomic E-state index is 13.3. The highest BCUT2D eigenvalue weighted by atomic mass is 35.5. The summed E-state index contributed by atoms with van der Waals surface area (Å²) in [5, 5.41) is 0.279. The molecule has 1 heterocycles. The van der Waals surface area contributed by atoms with Crippen LogP contribution in [0.15, 0.2) is 58.3 Å². The van der Waals surface area contributed by atoms with Crippen LogP contribution in [0.25, 0.3) is 10.2 Å². The Hall–Kier alpha value is -2.05. The fourth-order valence-electron chi connectivity index (χ4n) is 3.39. The van der Waals surface area contributed by atoms with Crippen molar-refractivity contribution >= 4 is 64.7 Å². The molecule has 0 bridgehead atoms. The number of likely N-dealkylation sites (N-methyl/N-ethyl adjacent to an activating group) is 1. The van der Waals surface area contributed by atoms with Crippen molar-refractivity contribution in [3.05, 3.63) is 48.5 Å². The van der Waals surface area contributed by atoms with Crippen LogP contribution in [0.5, 0.6) is 0 Å². The summed E-state index contributed by atoms with van der Waals surface area (Å²) in [6, 6.07) is 12.7. The van der Waals surface area contributed by atoms with E-state index in [0.29, 0.717) is 11.2 Å². The number of aromatic nitrogens is 1. The van der Waals surface area contributed by atoms with Gasteiger partial charge in [-0.3, -0.25) is 9.69 Å². The quantitative estimate of drug-likeness (QED) is 0.385. The van der Waals surface area contributed by atoms with Crippen molar-refractivity contribution in [1.82, 2.24) is 9.88 Å². The summed E-state index contributed by atoms with van der Waals surface area (Å²) < 4.78 is 50.7. The van der Waals surface area contributed by atoms with Crippen LogP contribution in [0.1, 0.15) is 13.8 Å². The molecular weight excluding hydrogens is 518 g/mol. The Morgan fingerprint density at radius 3 is 2.18 bits per heavy atom. The first-order chi connectivity index (χ1) is 15.6. The number of para-hydroxylation sites is 1. The minimum atomic E-state index is -3.85. The second kappa shape index (κ2) is 11.6. The number of hydrogen-bond acceptors (Lipinski definition) is 8. The third kappa shape index (κ3) is 6.54. The number of carbonyl (C=O) groups excluding carboxylic acids is 1. The molecule has 3 aromatic rings. The molecule has 1 amide bonds. The van der Waals surface area contributed by atoms with E-state index in [9.17, 15) is 21.6 Å². The van der Waals surface area contributed by atoms with Crippen LogP contribution in [0.4, 0.5) is 5.13 Å². The van der Waals surface area contributed by atoms with Gasteiger partial charge in [0, 0.05) is 19.3 Å². The molecule has 0 atom stereocenters. The largest absolute Gasteiger partial charge is 0.302 e. The van der Waals surface area contributed by atoms with Crippen molar-refractivity contribution in [1.29, 1.82) is 0 Å². The molecule has 2 aromatic carbocycles. The van der Waals surface area contributed by atoms with Gasteiger partial charge in [0.2, 0.25) is 5.91 Å². The molecule has 186 valence electrons. The Morgan fingerprint density at radius 1 is 0.941 bits per heavy atom. The van der Waals surface area contributed by atoms with E-state index in [4.69, 9.17) is 0 Å². The number of sulfone groups is 2. The molecule has 12 heteroatoms. The molecule has 0 aliphatic carbocycles. The summed E-state index contributed by atoms with van der Waals surface area (Å²) in [6.45, 7) is 6.33. The van der Waals surface area contributed by atoms with Crippen molar-refractivity contribution in [2.45, 2.75) is 23.6 Å². The number of benzene rings is 2. The maximum Gasteiger partial charge on any atom is 0.244 e. The van der Waals surface area contributed by atoms with Crippen LogP contribution >= 0.6 is 23.7 Å². The number of rotatable bonds is 10. The number of thiazole rings is 1. The van der Waals surface area contributed by atoms with Crippen molar-refractivity contribution in [3.8, 4) is 0 Å². The highest BCUT2D eigenvalue weighted by Gasteiger charge is 2.27. The van der Waals surface area contributed by atoms with E-state index in [1.807, 2.05) is 13.8 Å². The average Bonchev–Trinajstić information content (AvgIpc) is 3.20. The predicted octanol–water partition coefficient (Wildman–Crippen LogP) is 3.27. The number of hydrogen-bond donors (Lipinski definition) is 0. The zero-order valence-electron chi connectivity index (χ0n) is 19.2. The lowest BCUT2D eigenvalue weighted by Crippen LogP contribution is -2.41. The van der Waals surface area contributed by atoms with Crippen LogP contribution in [-0.4, -0.2) is 70.8 Å². The lowest BCUT2D eigenvalue weighted by atomic mass is 10.3. The number of anilines is 1. The van der Waals surface area contributed by atoms with Gasteiger partial charge >= 0.3 is 0 Å². The maximum atomic E-state index is 13.3. The van der Waals surface area contributed by atoms with Crippen LogP contribution in [-0.2, 0) is 24.5 Å². The second-order valence-corrected chi connectivity index (χ2v) is 12.5. The molecule has 3 rings (SSSR count). The van der Waals surface area contributed by atoms with Crippen molar-refractivity contribution in [2.24, 2.45) is 0 Å². The Kier molecular flexibility index (Phi) is 9.61. The van der Waals surface area contributed by atoms with E-state index in [1.165, 1.54) is 34.4 Å². The highest BCUT2D eigenvalue weighted by molar-refractivity contribution is 7.92. The van der Waals surface area contributed by atoms with E-state index < -0.39 is 31.3 Å². The summed E-state index contributed by atoms with van der Waals surface area (Å²) in [5.74, 6) is -1.31. The standard InChI is InChI=1S/C22H27N3O5S3.ClH/c1-4-24(5-2)14-15-25(20(26)16-33(29,30)17-10-7-6-8-11-17)22-23-21-18(31-22)12-9-13-19(21)32(3,27)28;/h6-13H,4-5,14-16H2,1-3H3;1H. The van der Waals surface area contributed by atoms with E-state index >= 15 is 0 Å². The third-order valence-electron chi connectivity index (χ3n) is 5.25. The SMILES string of the molecule is CCN(CC)CCN(C(=O)CS(=O)(=O)c1ccccc1)c1nc2c(S(C)(=O)=O)cccc2s1.Cl. The molecule has 0 radical (unpaired) electrons. The fraction of sp³-hybridized carbons (Fsp3) is 0.364. The van der Waals surface area contributed by atoms with Gasteiger partial charge in [-0.25, -0.2) is 21.8 Å². The Balaban J connectivity index is 0.00000408. The van der Waals surface area contributed by atoms with Gasteiger partial charge in [-0.15, -0.1) is 12.4 Å². The van der Waals surface area contributed by atoms with Gasteiger partial charge in [0.1, 0.15) is 11.3 Å². The lowest BCUT2D eigenvalue weighted by Gasteiger charge is -2.24. The highest BCUT2D eigenvalue weighted by Crippen LogP contribution is 2.33. The van der Waals surface area contributed by atoms with Gasteiger partial charge in [0.05, 0.1) is 14.5 Å². The molecule has 8 nitrogen and oxygen atoms in total. The molecule has 0 spiro atoms. The number of halogens is 1. The number of carbonyl (C=O) groups is 1. The minimum absolute atomic E-state index is 0. The number of amides is 1. The first-order valence-electron chi connectivity index (χ1n) is 10.5. The van der Waals surface area contributed by atoms with Crippen molar-refractivity contribution in [2.75, 3.05) is 43.1 Å². The second-order valence-electron chi connectivity index (χ2n) is 7.52. The Morgan fingerprint density at radius 2 is 1.59 bits per heavy atom. The molecule has 0 N–H and O–H groups in total. The van der Waals surface area contributed by atoms with Crippen LogP contribution in [0.3, 0.4) is 0 Å². The van der Waals surface area contributed by atoms with Crippen molar-refractivity contribution in [3.63, 3.8) is 0 Å². The van der Waals surface area contributed by atoms with Gasteiger partial charge < -0.3 is 4.90 Å². The summed E-state index contributed by atoms with van der Waals surface area (Å²) in [7, 11) is -7.37. The first kappa shape index (κ1) is 28.2. The summed E-state index contributed by atoms with van der Waals surface area (Å²) >= 11 is 1.17. The third-order valence-corrected chi connectivity index (χ3v) is 9.04.